The van der Waals surface area contributed by atoms with Gasteiger partial charge < -0.3 is 16.0 Å². The molecule has 0 spiro atoms. The molecule has 1 aliphatic heterocycles. The van der Waals surface area contributed by atoms with E-state index in [-0.39, 0.29) is 5.91 Å². The first-order valence-corrected chi connectivity index (χ1v) is 5.93. The van der Waals surface area contributed by atoms with E-state index in [9.17, 15) is 4.79 Å². The molecule has 3 N–H and O–H groups in total. The first kappa shape index (κ1) is 11.9. The summed E-state index contributed by atoms with van der Waals surface area (Å²) in [5.74, 6) is -0.362. The minimum absolute atomic E-state index is 0.362. The molecule has 1 unspecified atom stereocenters. The SMILES string of the molecule is Cc1cc(N(C)C2CCNC2)ccc1C(N)=O. The Morgan fingerprint density at radius 1 is 1.53 bits per heavy atom. The average molecular weight is 233 g/mol. The van der Waals surface area contributed by atoms with Crippen LogP contribution in [0.5, 0.6) is 0 Å². The Bertz CT molecular complexity index is 425. The number of nitrogens with one attached hydrogen (secondary N) is 1. The van der Waals surface area contributed by atoms with E-state index in [0.29, 0.717) is 11.6 Å². The molecular weight excluding hydrogens is 214 g/mol. The van der Waals surface area contributed by atoms with Crippen molar-refractivity contribution >= 4 is 11.6 Å². The van der Waals surface area contributed by atoms with Crippen molar-refractivity contribution < 1.29 is 4.79 Å². The Balaban J connectivity index is 2.21. The van der Waals surface area contributed by atoms with Gasteiger partial charge in [-0.05, 0) is 43.7 Å². The van der Waals surface area contributed by atoms with Crippen LogP contribution in [0.25, 0.3) is 0 Å². The van der Waals surface area contributed by atoms with Crippen molar-refractivity contribution in [1.29, 1.82) is 0 Å². The molecule has 4 nitrogen and oxygen atoms in total. The summed E-state index contributed by atoms with van der Waals surface area (Å²) in [6, 6.07) is 6.34. The Morgan fingerprint density at radius 3 is 2.82 bits per heavy atom. The predicted octanol–water partition coefficient (Wildman–Crippen LogP) is 0.892. The zero-order valence-electron chi connectivity index (χ0n) is 10.4. The molecule has 1 aliphatic rings. The summed E-state index contributed by atoms with van der Waals surface area (Å²) in [6.07, 6.45) is 1.16. The van der Waals surface area contributed by atoms with E-state index in [1.165, 1.54) is 0 Å². The standard InChI is InChI=1S/C13H19N3O/c1-9-7-10(3-4-12(9)13(14)17)16(2)11-5-6-15-8-11/h3-4,7,11,15H,5-6,8H2,1-2H3,(H2,14,17). The second-order valence-corrected chi connectivity index (χ2v) is 4.62. The van der Waals surface area contributed by atoms with Gasteiger partial charge in [0.05, 0.1) is 0 Å². The van der Waals surface area contributed by atoms with Crippen LogP contribution in [-0.4, -0.2) is 32.1 Å². The number of carbonyl (C=O) groups is 1. The summed E-state index contributed by atoms with van der Waals surface area (Å²) < 4.78 is 0. The highest BCUT2D eigenvalue weighted by molar-refractivity contribution is 5.94. The van der Waals surface area contributed by atoms with Gasteiger partial charge in [0.15, 0.2) is 0 Å². The second-order valence-electron chi connectivity index (χ2n) is 4.62. The molecule has 1 heterocycles. The van der Waals surface area contributed by atoms with Gasteiger partial charge in [0.1, 0.15) is 0 Å². The molecule has 1 aromatic rings. The number of amides is 1. The molecule has 0 saturated carbocycles. The monoisotopic (exact) mass is 233 g/mol. The highest BCUT2D eigenvalue weighted by Crippen LogP contribution is 2.21. The van der Waals surface area contributed by atoms with Crippen molar-refractivity contribution in [3.8, 4) is 0 Å². The number of hydrogen-bond donors (Lipinski definition) is 2. The molecule has 1 fully saturated rings. The van der Waals surface area contributed by atoms with Crippen LogP contribution in [0.3, 0.4) is 0 Å². The van der Waals surface area contributed by atoms with E-state index in [1.54, 1.807) is 0 Å². The lowest BCUT2D eigenvalue weighted by atomic mass is 10.1. The third-order valence-corrected chi connectivity index (χ3v) is 3.46. The molecule has 1 saturated heterocycles. The van der Waals surface area contributed by atoms with Crippen molar-refractivity contribution in [2.24, 2.45) is 5.73 Å². The quantitative estimate of drug-likeness (QED) is 0.815. The maximum Gasteiger partial charge on any atom is 0.248 e. The van der Waals surface area contributed by atoms with Crippen LogP contribution in [0, 0.1) is 6.92 Å². The predicted molar refractivity (Wildman–Crippen MR) is 69.4 cm³/mol. The van der Waals surface area contributed by atoms with Gasteiger partial charge in [0, 0.05) is 30.9 Å². The van der Waals surface area contributed by atoms with Crippen LogP contribution < -0.4 is 16.0 Å². The maximum atomic E-state index is 11.2. The highest BCUT2D eigenvalue weighted by atomic mass is 16.1. The second kappa shape index (κ2) is 4.75. The first-order valence-electron chi connectivity index (χ1n) is 5.93. The summed E-state index contributed by atoms with van der Waals surface area (Å²) >= 11 is 0. The molecule has 0 bridgehead atoms. The molecule has 1 amide bonds. The van der Waals surface area contributed by atoms with E-state index in [4.69, 9.17) is 5.73 Å². The van der Waals surface area contributed by atoms with Gasteiger partial charge in [-0.25, -0.2) is 0 Å². The summed E-state index contributed by atoms with van der Waals surface area (Å²) in [5.41, 5.74) is 7.98. The van der Waals surface area contributed by atoms with Gasteiger partial charge in [0.25, 0.3) is 0 Å². The molecule has 0 aromatic heterocycles. The number of nitrogens with two attached hydrogens (primary N) is 1. The molecular formula is C13H19N3O. The summed E-state index contributed by atoms with van der Waals surface area (Å²) in [4.78, 5) is 13.4. The van der Waals surface area contributed by atoms with Crippen molar-refractivity contribution in [2.45, 2.75) is 19.4 Å². The van der Waals surface area contributed by atoms with Gasteiger partial charge in [-0.15, -0.1) is 0 Å². The number of aryl methyl sites for hydroxylation is 1. The third kappa shape index (κ3) is 2.42. The lowest BCUT2D eigenvalue weighted by Crippen LogP contribution is -2.33. The van der Waals surface area contributed by atoms with Crippen molar-refractivity contribution in [3.05, 3.63) is 29.3 Å². The van der Waals surface area contributed by atoms with Crippen LogP contribution >= 0.6 is 0 Å². The Morgan fingerprint density at radius 2 is 2.29 bits per heavy atom. The van der Waals surface area contributed by atoms with E-state index < -0.39 is 0 Å². The van der Waals surface area contributed by atoms with E-state index in [1.807, 2.05) is 25.1 Å². The number of anilines is 1. The number of carbonyl (C=O) groups excluding carboxylic acids is 1. The number of hydrogen-bond acceptors (Lipinski definition) is 3. The maximum absolute atomic E-state index is 11.2. The molecule has 1 aromatic carbocycles. The molecule has 0 radical (unpaired) electrons. The normalized spacial score (nSPS) is 19.3. The zero-order chi connectivity index (χ0) is 12.4. The van der Waals surface area contributed by atoms with E-state index >= 15 is 0 Å². The van der Waals surface area contributed by atoms with E-state index in [2.05, 4.69) is 17.3 Å². The molecule has 4 heteroatoms. The van der Waals surface area contributed by atoms with Crippen molar-refractivity contribution in [1.82, 2.24) is 5.32 Å². The molecule has 1 atom stereocenters. The van der Waals surface area contributed by atoms with Crippen molar-refractivity contribution in [3.63, 3.8) is 0 Å². The van der Waals surface area contributed by atoms with Gasteiger partial charge >= 0.3 is 0 Å². The van der Waals surface area contributed by atoms with E-state index in [0.717, 1.165) is 30.8 Å². The van der Waals surface area contributed by atoms with Gasteiger partial charge in [-0.2, -0.15) is 0 Å². The Labute approximate surface area is 102 Å². The number of likely N-dealkylation sites (N-methyl/N-ethyl adjacent to an activating group) is 1. The van der Waals surface area contributed by atoms with Gasteiger partial charge in [-0.3, -0.25) is 4.79 Å². The highest BCUT2D eigenvalue weighted by Gasteiger charge is 2.19. The Kier molecular flexibility index (Phi) is 3.33. The van der Waals surface area contributed by atoms with Crippen LogP contribution in [0.2, 0.25) is 0 Å². The zero-order valence-corrected chi connectivity index (χ0v) is 10.4. The van der Waals surface area contributed by atoms with Crippen LogP contribution in [0.1, 0.15) is 22.3 Å². The molecule has 0 aliphatic carbocycles. The number of rotatable bonds is 3. The lowest BCUT2D eigenvalue weighted by molar-refractivity contribution is 0.1000. The van der Waals surface area contributed by atoms with Crippen LogP contribution in [-0.2, 0) is 0 Å². The summed E-state index contributed by atoms with van der Waals surface area (Å²) in [5, 5.41) is 3.35. The number of primary amides is 1. The minimum Gasteiger partial charge on any atom is -0.370 e. The fraction of sp³-hybridized carbons (Fsp3) is 0.462. The smallest absolute Gasteiger partial charge is 0.248 e. The molecule has 92 valence electrons. The van der Waals surface area contributed by atoms with Gasteiger partial charge in [0.2, 0.25) is 5.91 Å². The van der Waals surface area contributed by atoms with Crippen LogP contribution in [0.4, 0.5) is 5.69 Å². The summed E-state index contributed by atoms with van der Waals surface area (Å²) in [6.45, 7) is 4.02. The molecule has 17 heavy (non-hydrogen) atoms. The Hall–Kier alpha value is -1.55. The largest absolute Gasteiger partial charge is 0.370 e. The molecule has 2 rings (SSSR count). The summed E-state index contributed by atoms with van der Waals surface area (Å²) in [7, 11) is 2.09. The minimum atomic E-state index is -0.362. The third-order valence-electron chi connectivity index (χ3n) is 3.46. The fourth-order valence-electron chi connectivity index (χ4n) is 2.32. The topological polar surface area (TPSA) is 58.4 Å². The number of nitrogens with zero attached hydrogens (tertiary/aromatic N) is 1. The van der Waals surface area contributed by atoms with Crippen molar-refractivity contribution in [2.75, 3.05) is 25.0 Å². The lowest BCUT2D eigenvalue weighted by Gasteiger charge is -2.26. The first-order chi connectivity index (χ1) is 8.09. The van der Waals surface area contributed by atoms with Crippen LogP contribution in [0.15, 0.2) is 18.2 Å². The van der Waals surface area contributed by atoms with Gasteiger partial charge in [-0.1, -0.05) is 0 Å². The number of benzene rings is 1. The fourth-order valence-corrected chi connectivity index (χ4v) is 2.32. The average Bonchev–Trinajstić information content (AvgIpc) is 2.80.